The van der Waals surface area contributed by atoms with E-state index < -0.39 is 18.3 Å². The fraction of sp³-hybridized carbons (Fsp3) is 0.486. The second-order valence-corrected chi connectivity index (χ2v) is 14.5. The van der Waals surface area contributed by atoms with E-state index in [1.807, 2.05) is 0 Å². The first-order valence-electron chi connectivity index (χ1n) is 15.6. The van der Waals surface area contributed by atoms with E-state index in [0.29, 0.717) is 0 Å². The fourth-order valence-corrected chi connectivity index (χ4v) is 6.09. The molecular formula is C35H45B2NO4. The van der Waals surface area contributed by atoms with Crippen molar-refractivity contribution in [2.24, 2.45) is 5.41 Å². The standard InChI is InChI=1S/C35H45B2NO4/c1-10-11-12-24-13-17-27(18-14-24)38-28-19-15-25(36-23-32(2,3)33(4,5)40-36)21-30(28)39-31-22-26(16-20-29(31)38)37-41-34(6,7)35(8,9)42-37/h13-22H,10-12,23H2,1-9H3. The van der Waals surface area contributed by atoms with Gasteiger partial charge in [0.25, 0.3) is 0 Å². The highest BCUT2D eigenvalue weighted by Crippen LogP contribution is 2.51. The lowest BCUT2D eigenvalue weighted by Crippen LogP contribution is -2.41. The van der Waals surface area contributed by atoms with E-state index in [2.05, 4.69) is 128 Å². The summed E-state index contributed by atoms with van der Waals surface area (Å²) in [6.45, 7) is 19.6. The Kier molecular flexibility index (Phi) is 7.11. The minimum atomic E-state index is -0.459. The largest absolute Gasteiger partial charge is 0.494 e. The molecule has 3 aromatic carbocycles. The van der Waals surface area contributed by atoms with Crippen LogP contribution in [0.15, 0.2) is 60.7 Å². The molecule has 0 saturated carbocycles. The van der Waals surface area contributed by atoms with Crippen LogP contribution in [0.4, 0.5) is 17.1 Å². The van der Waals surface area contributed by atoms with Gasteiger partial charge in [0.2, 0.25) is 0 Å². The second-order valence-electron chi connectivity index (χ2n) is 14.5. The molecule has 0 aliphatic carbocycles. The summed E-state index contributed by atoms with van der Waals surface area (Å²) in [4.78, 5) is 2.30. The molecule has 7 heteroatoms. The molecular weight excluding hydrogens is 520 g/mol. The van der Waals surface area contributed by atoms with Crippen LogP contribution in [0.5, 0.6) is 11.5 Å². The van der Waals surface area contributed by atoms with Crippen molar-refractivity contribution in [3.05, 3.63) is 66.2 Å². The Labute approximate surface area is 253 Å². The van der Waals surface area contributed by atoms with Crippen LogP contribution in [0.3, 0.4) is 0 Å². The zero-order chi connectivity index (χ0) is 30.1. The van der Waals surface area contributed by atoms with Crippen molar-refractivity contribution in [2.45, 2.75) is 105 Å². The van der Waals surface area contributed by atoms with Crippen LogP contribution in [-0.4, -0.2) is 30.8 Å². The summed E-state index contributed by atoms with van der Waals surface area (Å²) >= 11 is 0. The van der Waals surface area contributed by atoms with E-state index in [1.165, 1.54) is 18.4 Å². The maximum atomic E-state index is 6.71. The molecule has 42 heavy (non-hydrogen) atoms. The predicted molar refractivity (Wildman–Crippen MR) is 175 cm³/mol. The van der Waals surface area contributed by atoms with E-state index in [4.69, 9.17) is 18.7 Å². The predicted octanol–water partition coefficient (Wildman–Crippen LogP) is 7.94. The highest BCUT2D eigenvalue weighted by Gasteiger charge is 2.52. The van der Waals surface area contributed by atoms with Gasteiger partial charge in [-0.15, -0.1) is 0 Å². The van der Waals surface area contributed by atoms with E-state index >= 15 is 0 Å². The van der Waals surface area contributed by atoms with Gasteiger partial charge in [-0.1, -0.05) is 51.5 Å². The fourth-order valence-electron chi connectivity index (χ4n) is 6.09. The first kappa shape index (κ1) is 29.3. The molecule has 6 rings (SSSR count). The summed E-state index contributed by atoms with van der Waals surface area (Å²) in [6.07, 6.45) is 4.45. The van der Waals surface area contributed by atoms with Gasteiger partial charge < -0.3 is 23.6 Å². The molecule has 3 heterocycles. The van der Waals surface area contributed by atoms with Crippen LogP contribution in [-0.2, 0) is 20.4 Å². The summed E-state index contributed by atoms with van der Waals surface area (Å²) < 4.78 is 26.1. The Morgan fingerprint density at radius 2 is 1.26 bits per heavy atom. The van der Waals surface area contributed by atoms with Crippen molar-refractivity contribution in [2.75, 3.05) is 4.90 Å². The van der Waals surface area contributed by atoms with Crippen LogP contribution in [0.25, 0.3) is 0 Å². The number of nitrogens with zero attached hydrogens (tertiary/aromatic N) is 1. The summed E-state index contributed by atoms with van der Waals surface area (Å²) in [6, 6.07) is 21.8. The van der Waals surface area contributed by atoms with Gasteiger partial charge in [0.1, 0.15) is 0 Å². The first-order chi connectivity index (χ1) is 19.7. The average Bonchev–Trinajstić information content (AvgIpc) is 3.29. The molecule has 0 bridgehead atoms. The van der Waals surface area contributed by atoms with Crippen molar-refractivity contribution in [1.82, 2.24) is 0 Å². The van der Waals surface area contributed by atoms with Crippen molar-refractivity contribution >= 4 is 42.0 Å². The van der Waals surface area contributed by atoms with Gasteiger partial charge in [-0.2, -0.15) is 0 Å². The number of hydrogen-bond donors (Lipinski definition) is 0. The van der Waals surface area contributed by atoms with Gasteiger partial charge in [-0.05, 0) is 119 Å². The number of unbranched alkanes of at least 4 members (excludes halogenated alkanes) is 1. The molecule has 0 N–H and O–H groups in total. The van der Waals surface area contributed by atoms with Gasteiger partial charge >= 0.3 is 14.0 Å². The Balaban J connectivity index is 1.40. The summed E-state index contributed by atoms with van der Waals surface area (Å²) in [5, 5.41) is 0. The average molecular weight is 565 g/mol. The van der Waals surface area contributed by atoms with Crippen molar-refractivity contribution < 1.29 is 18.7 Å². The van der Waals surface area contributed by atoms with Crippen LogP contribution in [0, 0.1) is 5.41 Å². The number of benzene rings is 3. The molecule has 0 aromatic heterocycles. The maximum absolute atomic E-state index is 6.71. The minimum absolute atomic E-state index is 0.0210. The van der Waals surface area contributed by atoms with Gasteiger partial charge in [0, 0.05) is 5.69 Å². The Morgan fingerprint density at radius 3 is 1.81 bits per heavy atom. The lowest BCUT2D eigenvalue weighted by atomic mass is 9.54. The number of aryl methyl sites for hydroxylation is 1. The number of anilines is 3. The zero-order valence-electron chi connectivity index (χ0n) is 26.8. The van der Waals surface area contributed by atoms with Crippen molar-refractivity contribution in [3.63, 3.8) is 0 Å². The number of ether oxygens (including phenoxy) is 1. The van der Waals surface area contributed by atoms with Crippen molar-refractivity contribution in [1.29, 1.82) is 0 Å². The van der Waals surface area contributed by atoms with Crippen molar-refractivity contribution in [3.8, 4) is 11.5 Å². The molecule has 0 unspecified atom stereocenters. The van der Waals surface area contributed by atoms with E-state index in [-0.39, 0.29) is 17.9 Å². The topological polar surface area (TPSA) is 40.2 Å². The summed E-state index contributed by atoms with van der Waals surface area (Å²) in [7, 11) is -0.459. The number of hydrogen-bond acceptors (Lipinski definition) is 5. The number of rotatable bonds is 6. The lowest BCUT2D eigenvalue weighted by Gasteiger charge is -2.34. The quantitative estimate of drug-likeness (QED) is 0.222. The summed E-state index contributed by atoms with van der Waals surface area (Å²) in [5.74, 6) is 1.61. The molecule has 3 aliphatic rings. The first-order valence-corrected chi connectivity index (χ1v) is 15.6. The Morgan fingerprint density at radius 1 is 0.690 bits per heavy atom. The maximum Gasteiger partial charge on any atom is 0.494 e. The molecule has 0 atom stereocenters. The monoisotopic (exact) mass is 565 g/mol. The Bertz CT molecular complexity index is 1360. The molecule has 0 amide bonds. The van der Waals surface area contributed by atoms with Gasteiger partial charge in [0.05, 0.1) is 28.2 Å². The highest BCUT2D eigenvalue weighted by molar-refractivity contribution is 6.68. The van der Waals surface area contributed by atoms with Gasteiger partial charge in [-0.3, -0.25) is 0 Å². The van der Waals surface area contributed by atoms with Gasteiger partial charge in [0.15, 0.2) is 11.5 Å². The smallest absolute Gasteiger partial charge is 0.453 e. The molecule has 3 aromatic rings. The third-order valence-corrected chi connectivity index (χ3v) is 10.3. The molecule has 5 nitrogen and oxygen atoms in total. The zero-order valence-corrected chi connectivity index (χ0v) is 26.8. The van der Waals surface area contributed by atoms with Gasteiger partial charge in [-0.25, -0.2) is 0 Å². The third kappa shape index (κ3) is 4.98. The second kappa shape index (κ2) is 10.2. The van der Waals surface area contributed by atoms with E-state index in [1.54, 1.807) is 0 Å². The van der Waals surface area contributed by atoms with E-state index in [9.17, 15) is 0 Å². The van der Waals surface area contributed by atoms with Crippen LogP contribution in [0.1, 0.15) is 80.7 Å². The summed E-state index contributed by atoms with van der Waals surface area (Å²) in [5.41, 5.74) is 5.63. The lowest BCUT2D eigenvalue weighted by molar-refractivity contribution is 0.00578. The molecule has 2 saturated heterocycles. The molecule has 0 spiro atoms. The molecule has 3 aliphatic heterocycles. The van der Waals surface area contributed by atoms with Crippen LogP contribution < -0.4 is 20.6 Å². The third-order valence-electron chi connectivity index (χ3n) is 10.3. The molecule has 0 radical (unpaired) electrons. The SMILES string of the molecule is CCCCc1ccc(N2c3ccc(B4CC(C)(C)C(C)(C)O4)cc3Oc3cc(B4OC(C)(C)C(C)(C)O4)ccc32)cc1. The highest BCUT2D eigenvalue weighted by atomic mass is 16.7. The molecule has 2 fully saturated rings. The van der Waals surface area contributed by atoms with Crippen LogP contribution in [0.2, 0.25) is 6.32 Å². The normalized spacial score (nSPS) is 21.2. The minimum Gasteiger partial charge on any atom is -0.453 e. The number of fused-ring (bicyclic) bond motifs is 2. The van der Waals surface area contributed by atoms with E-state index in [0.717, 1.165) is 52.2 Å². The Hall–Kier alpha value is -2.73. The molecule has 220 valence electrons. The van der Waals surface area contributed by atoms with Crippen LogP contribution >= 0.6 is 0 Å².